The van der Waals surface area contributed by atoms with Crippen LogP contribution in [0.3, 0.4) is 0 Å². The molecular weight excluding hydrogens is 389 g/mol. The van der Waals surface area contributed by atoms with Crippen molar-refractivity contribution < 1.29 is 9.13 Å². The normalized spacial score (nSPS) is 14.3. The summed E-state index contributed by atoms with van der Waals surface area (Å²) in [6, 6.07) is 14.6. The Hall–Kier alpha value is -2.63. The van der Waals surface area contributed by atoms with Gasteiger partial charge in [0.25, 0.3) is 0 Å². The summed E-state index contributed by atoms with van der Waals surface area (Å²) in [4.78, 5) is 6.57. The minimum absolute atomic E-state index is 0.0232. The second kappa shape index (κ2) is 8.80. The van der Waals surface area contributed by atoms with Crippen LogP contribution in [0.5, 0.6) is 5.75 Å². The van der Waals surface area contributed by atoms with Crippen LogP contribution in [-0.2, 0) is 6.61 Å². The lowest BCUT2D eigenvalue weighted by Gasteiger charge is -2.14. The summed E-state index contributed by atoms with van der Waals surface area (Å²) < 4.78 is 19.7. The number of rotatable bonds is 6. The van der Waals surface area contributed by atoms with Gasteiger partial charge in [-0.2, -0.15) is 0 Å². The van der Waals surface area contributed by atoms with Gasteiger partial charge in [0.2, 0.25) is 0 Å². The molecule has 29 heavy (non-hydrogen) atoms. The third-order valence-corrected chi connectivity index (χ3v) is 5.39. The Balaban J connectivity index is 1.49. The van der Waals surface area contributed by atoms with E-state index in [9.17, 15) is 4.39 Å². The zero-order valence-electron chi connectivity index (χ0n) is 15.9. The number of likely N-dealkylation sites (tertiary alicyclic amines) is 1. The summed E-state index contributed by atoms with van der Waals surface area (Å²) in [6.45, 7) is 4.42. The molecular formula is C23H22ClFN3O. The Labute approximate surface area is 175 Å². The highest BCUT2D eigenvalue weighted by molar-refractivity contribution is 6.31. The van der Waals surface area contributed by atoms with Crippen LogP contribution in [0.2, 0.25) is 5.02 Å². The van der Waals surface area contributed by atoms with E-state index in [4.69, 9.17) is 22.1 Å². The van der Waals surface area contributed by atoms with Gasteiger partial charge in [-0.05, 0) is 55.3 Å². The predicted molar refractivity (Wildman–Crippen MR) is 114 cm³/mol. The smallest absolute Gasteiger partial charge is 0.166 e. The first-order valence-electron chi connectivity index (χ1n) is 9.61. The van der Waals surface area contributed by atoms with Crippen LogP contribution < -0.4 is 10.5 Å². The van der Waals surface area contributed by atoms with E-state index in [0.29, 0.717) is 16.3 Å². The summed E-state index contributed by atoms with van der Waals surface area (Å²) in [7, 11) is 0. The average Bonchev–Trinajstić information content (AvgIpc) is 3.22. The van der Waals surface area contributed by atoms with Crippen LogP contribution in [0.15, 0.2) is 54.7 Å². The van der Waals surface area contributed by atoms with Crippen molar-refractivity contribution in [2.24, 2.45) is 0 Å². The predicted octanol–water partition coefficient (Wildman–Crippen LogP) is 5.31. The molecule has 1 saturated heterocycles. The highest BCUT2D eigenvalue weighted by Crippen LogP contribution is 2.29. The Morgan fingerprint density at radius 3 is 2.59 bits per heavy atom. The van der Waals surface area contributed by atoms with E-state index in [1.807, 2.05) is 18.2 Å². The molecule has 0 aliphatic carbocycles. The third-order valence-electron chi connectivity index (χ3n) is 5.03. The quantitative estimate of drug-likeness (QED) is 0.598. The van der Waals surface area contributed by atoms with E-state index < -0.39 is 5.82 Å². The SMILES string of the molecule is Nc1ncc(-c2ccc([CH]N3CCCC3)cc2)cc1OCc1c(F)cccc1Cl. The minimum Gasteiger partial charge on any atom is -0.485 e. The summed E-state index contributed by atoms with van der Waals surface area (Å²) in [5, 5.41) is 0.317. The lowest BCUT2D eigenvalue weighted by atomic mass is 10.1. The van der Waals surface area contributed by atoms with Crippen LogP contribution in [0.1, 0.15) is 24.0 Å². The molecule has 6 heteroatoms. The van der Waals surface area contributed by atoms with Gasteiger partial charge in [-0.1, -0.05) is 41.9 Å². The molecule has 1 radical (unpaired) electrons. The number of nitrogens with zero attached hydrogens (tertiary/aromatic N) is 2. The number of hydrogen-bond acceptors (Lipinski definition) is 4. The molecule has 1 aromatic heterocycles. The van der Waals surface area contributed by atoms with Gasteiger partial charge < -0.3 is 10.5 Å². The van der Waals surface area contributed by atoms with Crippen LogP contribution in [0, 0.1) is 12.4 Å². The number of pyridine rings is 1. The van der Waals surface area contributed by atoms with Gasteiger partial charge in [-0.15, -0.1) is 0 Å². The van der Waals surface area contributed by atoms with Crippen molar-refractivity contribution in [3.05, 3.63) is 83.2 Å². The van der Waals surface area contributed by atoms with Crippen molar-refractivity contribution >= 4 is 17.4 Å². The van der Waals surface area contributed by atoms with E-state index in [-0.39, 0.29) is 12.4 Å². The molecule has 1 aliphatic rings. The van der Waals surface area contributed by atoms with Crippen molar-refractivity contribution in [3.63, 3.8) is 0 Å². The molecule has 0 unspecified atom stereocenters. The van der Waals surface area contributed by atoms with Gasteiger partial charge in [0, 0.05) is 17.3 Å². The van der Waals surface area contributed by atoms with E-state index in [1.54, 1.807) is 18.3 Å². The van der Waals surface area contributed by atoms with E-state index >= 15 is 0 Å². The number of aromatic nitrogens is 1. The van der Waals surface area contributed by atoms with Crippen molar-refractivity contribution in [1.29, 1.82) is 0 Å². The first-order chi connectivity index (χ1) is 14.1. The first kappa shape index (κ1) is 19.7. The van der Waals surface area contributed by atoms with Gasteiger partial charge in [-0.3, -0.25) is 4.90 Å². The number of nitrogens with two attached hydrogens (primary N) is 1. The maximum Gasteiger partial charge on any atom is 0.166 e. The number of ether oxygens (including phenoxy) is 1. The van der Waals surface area contributed by atoms with Crippen molar-refractivity contribution in [2.75, 3.05) is 18.8 Å². The molecule has 149 valence electrons. The maximum atomic E-state index is 14.0. The second-order valence-electron chi connectivity index (χ2n) is 7.09. The molecule has 2 heterocycles. The fourth-order valence-corrected chi connectivity index (χ4v) is 3.61. The van der Waals surface area contributed by atoms with Crippen molar-refractivity contribution in [3.8, 4) is 16.9 Å². The lowest BCUT2D eigenvalue weighted by molar-refractivity contribution is 0.301. The van der Waals surface area contributed by atoms with Crippen LogP contribution in [0.4, 0.5) is 10.2 Å². The lowest BCUT2D eigenvalue weighted by Crippen LogP contribution is -2.15. The van der Waals surface area contributed by atoms with Gasteiger partial charge in [0.1, 0.15) is 12.4 Å². The standard InChI is InChI=1S/C23H22ClFN3O/c24-20-4-3-5-21(25)19(20)15-29-22-12-18(13-27-23(22)26)17-8-6-16(7-9-17)14-28-10-1-2-11-28/h3-9,12-14H,1-2,10-11,15H2,(H2,26,27). The molecule has 3 aromatic rings. The van der Waals surface area contributed by atoms with E-state index in [2.05, 4.69) is 28.6 Å². The summed E-state index contributed by atoms with van der Waals surface area (Å²) in [6.07, 6.45) is 4.22. The molecule has 0 bridgehead atoms. The van der Waals surface area contributed by atoms with Crippen molar-refractivity contribution in [2.45, 2.75) is 19.4 Å². The maximum absolute atomic E-state index is 14.0. The molecule has 4 nitrogen and oxygen atoms in total. The number of hydrogen-bond donors (Lipinski definition) is 1. The van der Waals surface area contributed by atoms with Gasteiger partial charge in [0.05, 0.1) is 11.6 Å². The molecule has 0 atom stereocenters. The van der Waals surface area contributed by atoms with Crippen LogP contribution in [0.25, 0.3) is 11.1 Å². The summed E-state index contributed by atoms with van der Waals surface area (Å²) in [5.74, 6) is 0.236. The van der Waals surface area contributed by atoms with E-state index in [1.165, 1.54) is 24.5 Å². The number of benzene rings is 2. The van der Waals surface area contributed by atoms with Gasteiger partial charge in [0.15, 0.2) is 11.6 Å². The molecule has 2 N–H and O–H groups in total. The molecule has 0 amide bonds. The Bertz CT molecular complexity index is 968. The minimum atomic E-state index is -0.412. The Morgan fingerprint density at radius 1 is 1.10 bits per heavy atom. The van der Waals surface area contributed by atoms with E-state index in [0.717, 1.165) is 24.2 Å². The van der Waals surface area contributed by atoms with Crippen LogP contribution in [-0.4, -0.2) is 23.0 Å². The fourth-order valence-electron chi connectivity index (χ4n) is 3.39. The topological polar surface area (TPSA) is 51.4 Å². The zero-order chi connectivity index (χ0) is 20.2. The number of halogens is 2. The second-order valence-corrected chi connectivity index (χ2v) is 7.50. The van der Waals surface area contributed by atoms with Crippen molar-refractivity contribution in [1.82, 2.24) is 9.88 Å². The first-order valence-corrected chi connectivity index (χ1v) is 9.98. The number of anilines is 1. The van der Waals surface area contributed by atoms with Crippen LogP contribution >= 0.6 is 11.6 Å². The Kier molecular flexibility index (Phi) is 5.97. The molecule has 2 aromatic carbocycles. The van der Waals surface area contributed by atoms with Gasteiger partial charge in [-0.25, -0.2) is 9.37 Å². The molecule has 0 spiro atoms. The Morgan fingerprint density at radius 2 is 1.86 bits per heavy atom. The fraction of sp³-hybridized carbons (Fsp3) is 0.217. The molecule has 0 saturated carbocycles. The summed E-state index contributed by atoms with van der Waals surface area (Å²) >= 11 is 6.07. The zero-order valence-corrected chi connectivity index (χ0v) is 16.7. The van der Waals surface area contributed by atoms with Gasteiger partial charge >= 0.3 is 0 Å². The molecule has 4 rings (SSSR count). The highest BCUT2D eigenvalue weighted by atomic mass is 35.5. The molecule has 1 aliphatic heterocycles. The molecule has 1 fully saturated rings. The highest BCUT2D eigenvalue weighted by Gasteiger charge is 2.13. The number of nitrogen functional groups attached to an aromatic ring is 1. The monoisotopic (exact) mass is 410 g/mol. The third kappa shape index (κ3) is 4.69. The average molecular weight is 411 g/mol. The largest absolute Gasteiger partial charge is 0.485 e. The summed E-state index contributed by atoms with van der Waals surface area (Å²) in [5.41, 5.74) is 9.29.